The van der Waals surface area contributed by atoms with Crippen molar-refractivity contribution < 1.29 is 14.6 Å². The van der Waals surface area contributed by atoms with Crippen molar-refractivity contribution in [1.29, 1.82) is 0 Å². The minimum Gasteiger partial charge on any atom is -0.507 e. The third-order valence-corrected chi connectivity index (χ3v) is 3.23. The Morgan fingerprint density at radius 3 is 2.86 bits per heavy atom. The van der Waals surface area contributed by atoms with Crippen molar-refractivity contribution in [3.8, 4) is 11.5 Å². The fourth-order valence-corrected chi connectivity index (χ4v) is 2.04. The highest BCUT2D eigenvalue weighted by atomic mass is 16.5. The van der Waals surface area contributed by atoms with Crippen molar-refractivity contribution >= 4 is 5.91 Å². The molecule has 5 nitrogen and oxygen atoms in total. The molecule has 2 rings (SSSR count). The Bertz CT molecular complexity index is 641. The summed E-state index contributed by atoms with van der Waals surface area (Å²) in [5.74, 6) is 0.0495. The predicted octanol–water partition coefficient (Wildman–Crippen LogP) is 2.29. The average molecular weight is 286 g/mol. The van der Waals surface area contributed by atoms with E-state index < -0.39 is 0 Å². The maximum Gasteiger partial charge on any atom is 0.255 e. The zero-order valence-electron chi connectivity index (χ0n) is 12.1. The van der Waals surface area contributed by atoms with Gasteiger partial charge in [0.15, 0.2) is 0 Å². The molecule has 2 aromatic rings. The summed E-state index contributed by atoms with van der Waals surface area (Å²) in [6, 6.07) is 8.43. The number of carbonyl (C=O) groups is 1. The van der Waals surface area contributed by atoms with Gasteiger partial charge in [0.25, 0.3) is 5.91 Å². The molecular weight excluding hydrogens is 268 g/mol. The van der Waals surface area contributed by atoms with Gasteiger partial charge in [-0.1, -0.05) is 13.0 Å². The highest BCUT2D eigenvalue weighted by molar-refractivity contribution is 5.96. The van der Waals surface area contributed by atoms with Gasteiger partial charge in [-0.15, -0.1) is 0 Å². The van der Waals surface area contributed by atoms with Crippen molar-refractivity contribution in [3.63, 3.8) is 0 Å². The second-order valence-electron chi connectivity index (χ2n) is 4.53. The maximum atomic E-state index is 12.1. The van der Waals surface area contributed by atoms with E-state index in [1.807, 2.05) is 19.1 Å². The van der Waals surface area contributed by atoms with Crippen LogP contribution in [0.25, 0.3) is 0 Å². The number of aryl methyl sites for hydroxylation is 1. The third kappa shape index (κ3) is 3.51. The van der Waals surface area contributed by atoms with E-state index in [0.29, 0.717) is 12.3 Å². The van der Waals surface area contributed by atoms with E-state index in [9.17, 15) is 9.90 Å². The summed E-state index contributed by atoms with van der Waals surface area (Å²) in [5, 5.41) is 12.6. The first kappa shape index (κ1) is 14.8. The summed E-state index contributed by atoms with van der Waals surface area (Å²) < 4.78 is 4.99. The number of rotatable bonds is 5. The molecule has 0 aliphatic rings. The molecule has 0 aliphatic carbocycles. The van der Waals surface area contributed by atoms with Crippen LogP contribution in [-0.4, -0.2) is 23.1 Å². The van der Waals surface area contributed by atoms with Crippen molar-refractivity contribution in [2.75, 3.05) is 7.11 Å². The Morgan fingerprint density at radius 1 is 1.38 bits per heavy atom. The van der Waals surface area contributed by atoms with Crippen LogP contribution >= 0.6 is 0 Å². The van der Waals surface area contributed by atoms with Crippen LogP contribution in [0.3, 0.4) is 0 Å². The monoisotopic (exact) mass is 286 g/mol. The second kappa shape index (κ2) is 6.74. The first-order valence-corrected chi connectivity index (χ1v) is 6.73. The smallest absolute Gasteiger partial charge is 0.255 e. The number of hydrogen-bond acceptors (Lipinski definition) is 4. The zero-order valence-corrected chi connectivity index (χ0v) is 12.1. The SMILES string of the molecule is CCc1cccnc1CNC(=O)c1ccc(OC)cc1O. The quantitative estimate of drug-likeness (QED) is 0.884. The van der Waals surface area contributed by atoms with E-state index in [4.69, 9.17) is 4.74 Å². The van der Waals surface area contributed by atoms with Crippen LogP contribution in [0.15, 0.2) is 36.5 Å². The molecule has 0 saturated heterocycles. The van der Waals surface area contributed by atoms with Gasteiger partial charge in [0.05, 0.1) is 24.9 Å². The number of aromatic nitrogens is 1. The lowest BCUT2D eigenvalue weighted by atomic mass is 10.1. The van der Waals surface area contributed by atoms with Gasteiger partial charge < -0.3 is 15.2 Å². The number of nitrogens with zero attached hydrogens (tertiary/aromatic N) is 1. The van der Waals surface area contributed by atoms with Gasteiger partial charge in [-0.05, 0) is 30.2 Å². The molecule has 5 heteroatoms. The second-order valence-corrected chi connectivity index (χ2v) is 4.53. The van der Waals surface area contributed by atoms with Crippen LogP contribution in [0.2, 0.25) is 0 Å². The summed E-state index contributed by atoms with van der Waals surface area (Å²) in [6.07, 6.45) is 2.55. The van der Waals surface area contributed by atoms with E-state index in [0.717, 1.165) is 17.7 Å². The van der Waals surface area contributed by atoms with Crippen molar-refractivity contribution in [2.45, 2.75) is 19.9 Å². The molecule has 0 saturated carbocycles. The van der Waals surface area contributed by atoms with Crippen molar-refractivity contribution in [1.82, 2.24) is 10.3 Å². The normalized spacial score (nSPS) is 10.2. The van der Waals surface area contributed by atoms with Gasteiger partial charge in [-0.2, -0.15) is 0 Å². The first-order valence-electron chi connectivity index (χ1n) is 6.73. The minimum absolute atomic E-state index is 0.108. The molecule has 0 aliphatic heterocycles. The number of nitrogens with one attached hydrogen (secondary N) is 1. The largest absolute Gasteiger partial charge is 0.507 e. The molecule has 0 radical (unpaired) electrons. The number of aromatic hydroxyl groups is 1. The van der Waals surface area contributed by atoms with Gasteiger partial charge in [-0.25, -0.2) is 0 Å². The topological polar surface area (TPSA) is 71.5 Å². The van der Waals surface area contributed by atoms with E-state index in [1.165, 1.54) is 19.2 Å². The number of phenolic OH excluding ortho intramolecular Hbond substituents is 1. The Morgan fingerprint density at radius 2 is 2.19 bits per heavy atom. The summed E-state index contributed by atoms with van der Waals surface area (Å²) in [5.41, 5.74) is 2.14. The number of benzene rings is 1. The number of amides is 1. The molecule has 1 aromatic heterocycles. The highest BCUT2D eigenvalue weighted by Crippen LogP contribution is 2.23. The molecule has 1 amide bonds. The van der Waals surface area contributed by atoms with Crippen molar-refractivity contribution in [3.05, 3.63) is 53.3 Å². The summed E-state index contributed by atoms with van der Waals surface area (Å²) in [7, 11) is 1.50. The Balaban J connectivity index is 2.08. The van der Waals surface area contributed by atoms with Crippen LogP contribution in [0.1, 0.15) is 28.5 Å². The molecule has 2 N–H and O–H groups in total. The maximum absolute atomic E-state index is 12.1. The molecule has 1 heterocycles. The van der Waals surface area contributed by atoms with Crippen LogP contribution in [0, 0.1) is 0 Å². The molecular formula is C16H18N2O3. The van der Waals surface area contributed by atoms with Crippen LogP contribution < -0.4 is 10.1 Å². The van der Waals surface area contributed by atoms with Gasteiger partial charge in [0, 0.05) is 12.3 Å². The molecule has 0 spiro atoms. The molecule has 110 valence electrons. The Kier molecular flexibility index (Phi) is 4.77. The summed E-state index contributed by atoms with van der Waals surface area (Å²) >= 11 is 0. The molecule has 21 heavy (non-hydrogen) atoms. The minimum atomic E-state index is -0.345. The Hall–Kier alpha value is -2.56. The van der Waals surface area contributed by atoms with Crippen LogP contribution in [0.5, 0.6) is 11.5 Å². The fraction of sp³-hybridized carbons (Fsp3) is 0.250. The summed E-state index contributed by atoms with van der Waals surface area (Å²) in [4.78, 5) is 16.4. The van der Waals surface area contributed by atoms with Gasteiger partial charge in [0.2, 0.25) is 0 Å². The summed E-state index contributed by atoms with van der Waals surface area (Å²) in [6.45, 7) is 2.37. The number of hydrogen-bond donors (Lipinski definition) is 2. The van der Waals surface area contributed by atoms with E-state index in [-0.39, 0.29) is 17.2 Å². The van der Waals surface area contributed by atoms with Gasteiger partial charge in [-0.3, -0.25) is 9.78 Å². The third-order valence-electron chi connectivity index (χ3n) is 3.23. The lowest BCUT2D eigenvalue weighted by Gasteiger charge is -2.10. The number of pyridine rings is 1. The number of phenols is 1. The van der Waals surface area contributed by atoms with Gasteiger partial charge in [0.1, 0.15) is 11.5 Å². The highest BCUT2D eigenvalue weighted by Gasteiger charge is 2.12. The van der Waals surface area contributed by atoms with Gasteiger partial charge >= 0.3 is 0 Å². The van der Waals surface area contributed by atoms with E-state index in [1.54, 1.807) is 12.3 Å². The first-order chi connectivity index (χ1) is 10.2. The fourth-order valence-electron chi connectivity index (χ4n) is 2.04. The number of ether oxygens (including phenoxy) is 1. The lowest BCUT2D eigenvalue weighted by molar-refractivity contribution is 0.0947. The predicted molar refractivity (Wildman–Crippen MR) is 79.4 cm³/mol. The average Bonchev–Trinajstić information content (AvgIpc) is 2.52. The van der Waals surface area contributed by atoms with Crippen LogP contribution in [0.4, 0.5) is 0 Å². The van der Waals surface area contributed by atoms with E-state index in [2.05, 4.69) is 10.3 Å². The molecule has 1 aromatic carbocycles. The standard InChI is InChI=1S/C16H18N2O3/c1-3-11-5-4-8-17-14(11)10-18-16(20)13-7-6-12(21-2)9-15(13)19/h4-9,19H,3,10H2,1-2H3,(H,18,20). The van der Waals surface area contributed by atoms with Crippen LogP contribution in [-0.2, 0) is 13.0 Å². The Labute approximate surface area is 123 Å². The zero-order chi connectivity index (χ0) is 15.2. The number of methoxy groups -OCH3 is 1. The van der Waals surface area contributed by atoms with Crippen molar-refractivity contribution in [2.24, 2.45) is 0 Å². The molecule has 0 unspecified atom stereocenters. The van der Waals surface area contributed by atoms with E-state index >= 15 is 0 Å². The lowest BCUT2D eigenvalue weighted by Crippen LogP contribution is -2.24. The molecule has 0 bridgehead atoms. The molecule has 0 fully saturated rings. The molecule has 0 atom stereocenters. The number of carbonyl (C=O) groups excluding carboxylic acids is 1.